The van der Waals surface area contributed by atoms with Gasteiger partial charge in [-0.1, -0.05) is 29.3 Å². The van der Waals surface area contributed by atoms with Gasteiger partial charge in [-0.25, -0.2) is 4.79 Å². The van der Waals surface area contributed by atoms with Crippen LogP contribution in [0.25, 0.3) is 0 Å². The molecule has 0 aliphatic carbocycles. The Morgan fingerprint density at radius 3 is 2.71 bits per heavy atom. The van der Waals surface area contributed by atoms with Crippen LogP contribution in [-0.4, -0.2) is 19.8 Å². The Morgan fingerprint density at radius 2 is 2.18 bits per heavy atom. The summed E-state index contributed by atoms with van der Waals surface area (Å²) in [5.74, 6) is 0. The monoisotopic (exact) mass is 277 g/mol. The Hall–Kier alpha value is -0.970. The molecule has 0 aliphatic heterocycles. The largest absolute Gasteiger partial charge is 0.441 e. The standard InChI is InChI=1S/C11H13Cl2NO3/c1-16-5-4-10(17-11(14)15)8-3-2-7(12)6-9(8)13/h2-3,6,10H,4-5H2,1H3,(H2,14,15). The number of rotatable bonds is 5. The van der Waals surface area contributed by atoms with Crippen LogP contribution in [0.1, 0.15) is 18.1 Å². The first-order valence-corrected chi connectivity index (χ1v) is 5.70. The van der Waals surface area contributed by atoms with Crippen molar-refractivity contribution in [3.05, 3.63) is 33.8 Å². The maximum atomic E-state index is 10.8. The van der Waals surface area contributed by atoms with Gasteiger partial charge in [0.05, 0.1) is 6.61 Å². The number of carbonyl (C=O) groups excluding carboxylic acids is 1. The van der Waals surface area contributed by atoms with Crippen LogP contribution >= 0.6 is 23.2 Å². The van der Waals surface area contributed by atoms with Crippen LogP contribution in [0.2, 0.25) is 10.0 Å². The van der Waals surface area contributed by atoms with Crippen LogP contribution in [0.15, 0.2) is 18.2 Å². The van der Waals surface area contributed by atoms with Crippen LogP contribution in [0.3, 0.4) is 0 Å². The molecule has 2 N–H and O–H groups in total. The quantitative estimate of drug-likeness (QED) is 0.899. The third kappa shape index (κ3) is 4.42. The summed E-state index contributed by atoms with van der Waals surface area (Å²) in [5, 5.41) is 0.947. The summed E-state index contributed by atoms with van der Waals surface area (Å²) in [6.45, 7) is 0.427. The predicted octanol–water partition coefficient (Wildman–Crippen LogP) is 3.17. The van der Waals surface area contributed by atoms with E-state index >= 15 is 0 Å². The van der Waals surface area contributed by atoms with E-state index in [1.54, 1.807) is 25.3 Å². The van der Waals surface area contributed by atoms with Gasteiger partial charge in [-0.05, 0) is 12.1 Å². The van der Waals surface area contributed by atoms with Gasteiger partial charge in [-0.2, -0.15) is 0 Å². The molecule has 1 aromatic rings. The number of methoxy groups -OCH3 is 1. The number of benzene rings is 1. The molecule has 1 amide bonds. The fourth-order valence-electron chi connectivity index (χ4n) is 1.41. The first kappa shape index (κ1) is 14.1. The van der Waals surface area contributed by atoms with Crippen LogP contribution in [0.4, 0.5) is 4.79 Å². The first-order valence-electron chi connectivity index (χ1n) is 4.94. The number of halogens is 2. The zero-order chi connectivity index (χ0) is 12.8. The van der Waals surface area contributed by atoms with Crippen molar-refractivity contribution in [3.8, 4) is 0 Å². The molecule has 0 spiro atoms. The highest BCUT2D eigenvalue weighted by molar-refractivity contribution is 6.35. The Labute approximate surface area is 110 Å². The molecule has 1 rings (SSSR count). The Morgan fingerprint density at radius 1 is 1.47 bits per heavy atom. The molecule has 0 bridgehead atoms. The number of hydrogen-bond acceptors (Lipinski definition) is 3. The number of hydrogen-bond donors (Lipinski definition) is 1. The van der Waals surface area contributed by atoms with E-state index in [2.05, 4.69) is 0 Å². The van der Waals surface area contributed by atoms with Gasteiger partial charge in [0, 0.05) is 29.1 Å². The average molecular weight is 278 g/mol. The van der Waals surface area contributed by atoms with Crippen molar-refractivity contribution in [3.63, 3.8) is 0 Å². The smallest absolute Gasteiger partial charge is 0.405 e. The minimum atomic E-state index is -0.850. The normalized spacial score (nSPS) is 12.2. The fourth-order valence-corrected chi connectivity index (χ4v) is 1.94. The second-order valence-corrected chi connectivity index (χ2v) is 4.22. The van der Waals surface area contributed by atoms with Crippen LogP contribution in [0.5, 0.6) is 0 Å². The maximum Gasteiger partial charge on any atom is 0.405 e. The van der Waals surface area contributed by atoms with Crippen LogP contribution < -0.4 is 5.73 Å². The van der Waals surface area contributed by atoms with Gasteiger partial charge in [-0.3, -0.25) is 0 Å². The second kappa shape index (κ2) is 6.69. The number of carbonyl (C=O) groups is 1. The summed E-state index contributed by atoms with van der Waals surface area (Å²) in [7, 11) is 1.56. The Kier molecular flexibility index (Phi) is 5.55. The molecule has 94 valence electrons. The molecule has 0 radical (unpaired) electrons. The first-order chi connectivity index (χ1) is 8.04. The lowest BCUT2D eigenvalue weighted by molar-refractivity contribution is 0.0777. The number of primary amides is 1. The van der Waals surface area contributed by atoms with Gasteiger partial charge in [0.25, 0.3) is 0 Å². The van der Waals surface area contributed by atoms with Crippen molar-refractivity contribution in [1.29, 1.82) is 0 Å². The highest BCUT2D eigenvalue weighted by Crippen LogP contribution is 2.30. The van der Waals surface area contributed by atoms with Crippen LogP contribution in [-0.2, 0) is 9.47 Å². The average Bonchev–Trinajstić information content (AvgIpc) is 2.24. The lowest BCUT2D eigenvalue weighted by Crippen LogP contribution is -2.18. The zero-order valence-electron chi connectivity index (χ0n) is 9.28. The SMILES string of the molecule is COCCC(OC(N)=O)c1ccc(Cl)cc1Cl. The minimum Gasteiger partial charge on any atom is -0.441 e. The van der Waals surface area contributed by atoms with E-state index in [-0.39, 0.29) is 0 Å². The van der Waals surface area contributed by atoms with E-state index in [0.29, 0.717) is 28.6 Å². The molecular weight excluding hydrogens is 265 g/mol. The molecule has 6 heteroatoms. The van der Waals surface area contributed by atoms with Gasteiger partial charge < -0.3 is 15.2 Å². The Bertz CT molecular complexity index is 398. The zero-order valence-corrected chi connectivity index (χ0v) is 10.8. The molecule has 0 aliphatic rings. The summed E-state index contributed by atoms with van der Waals surface area (Å²) in [6, 6.07) is 4.96. The minimum absolute atomic E-state index is 0.427. The number of amides is 1. The van der Waals surface area contributed by atoms with Gasteiger partial charge in [0.2, 0.25) is 0 Å². The molecule has 0 heterocycles. The molecule has 1 unspecified atom stereocenters. The molecule has 0 fully saturated rings. The lowest BCUT2D eigenvalue weighted by Gasteiger charge is -2.18. The van der Waals surface area contributed by atoms with E-state index in [4.69, 9.17) is 38.4 Å². The molecule has 1 aromatic carbocycles. The molecule has 4 nitrogen and oxygen atoms in total. The van der Waals surface area contributed by atoms with Crippen molar-refractivity contribution in [1.82, 2.24) is 0 Å². The van der Waals surface area contributed by atoms with E-state index in [1.807, 2.05) is 0 Å². The third-order valence-corrected chi connectivity index (χ3v) is 2.71. The molecule has 0 saturated carbocycles. The summed E-state index contributed by atoms with van der Waals surface area (Å²) < 4.78 is 9.93. The highest BCUT2D eigenvalue weighted by Gasteiger charge is 2.18. The summed E-state index contributed by atoms with van der Waals surface area (Å²) >= 11 is 11.8. The highest BCUT2D eigenvalue weighted by atomic mass is 35.5. The van der Waals surface area contributed by atoms with Crippen molar-refractivity contribution in [2.24, 2.45) is 5.73 Å². The van der Waals surface area contributed by atoms with Crippen molar-refractivity contribution in [2.75, 3.05) is 13.7 Å². The molecule has 17 heavy (non-hydrogen) atoms. The van der Waals surface area contributed by atoms with Crippen molar-refractivity contribution >= 4 is 29.3 Å². The summed E-state index contributed by atoms with van der Waals surface area (Å²) in [4.78, 5) is 10.8. The van der Waals surface area contributed by atoms with Crippen LogP contribution in [0, 0.1) is 0 Å². The second-order valence-electron chi connectivity index (χ2n) is 3.37. The van der Waals surface area contributed by atoms with Gasteiger partial charge >= 0.3 is 6.09 Å². The number of nitrogens with two attached hydrogens (primary N) is 1. The molecule has 1 atom stereocenters. The summed E-state index contributed by atoms with van der Waals surface area (Å²) in [6.07, 6.45) is -0.907. The predicted molar refractivity (Wildman–Crippen MR) is 66.4 cm³/mol. The maximum absolute atomic E-state index is 10.8. The van der Waals surface area contributed by atoms with E-state index in [9.17, 15) is 4.79 Å². The van der Waals surface area contributed by atoms with Gasteiger partial charge in [0.15, 0.2) is 0 Å². The van der Waals surface area contributed by atoms with Gasteiger partial charge in [0.1, 0.15) is 6.10 Å². The third-order valence-electron chi connectivity index (χ3n) is 2.15. The topological polar surface area (TPSA) is 61.6 Å². The molecular formula is C11H13Cl2NO3. The van der Waals surface area contributed by atoms with E-state index in [1.165, 1.54) is 0 Å². The van der Waals surface area contributed by atoms with E-state index in [0.717, 1.165) is 0 Å². The van der Waals surface area contributed by atoms with E-state index < -0.39 is 12.2 Å². The Balaban J connectivity index is 2.90. The number of ether oxygens (including phenoxy) is 2. The lowest BCUT2D eigenvalue weighted by atomic mass is 10.1. The van der Waals surface area contributed by atoms with Crippen molar-refractivity contribution < 1.29 is 14.3 Å². The molecule has 0 aromatic heterocycles. The van der Waals surface area contributed by atoms with Gasteiger partial charge in [-0.15, -0.1) is 0 Å². The summed E-state index contributed by atoms with van der Waals surface area (Å²) in [5.41, 5.74) is 5.67. The fraction of sp³-hybridized carbons (Fsp3) is 0.364. The van der Waals surface area contributed by atoms with Crippen molar-refractivity contribution in [2.45, 2.75) is 12.5 Å². The molecule has 0 saturated heterocycles.